The van der Waals surface area contributed by atoms with Gasteiger partial charge in [0.15, 0.2) is 0 Å². The number of benzene rings is 1. The van der Waals surface area contributed by atoms with E-state index in [0.717, 1.165) is 23.3 Å². The maximum atomic E-state index is 13.8. The summed E-state index contributed by atoms with van der Waals surface area (Å²) in [5.74, 6) is -0.671. The Morgan fingerprint density at radius 3 is 2.42 bits per heavy atom. The monoisotopic (exact) mass is 511 g/mol. The number of nitrogens with zero attached hydrogens (tertiary/aromatic N) is 1. The minimum atomic E-state index is -0.948. The Morgan fingerprint density at radius 1 is 1.18 bits per heavy atom. The van der Waals surface area contributed by atoms with Crippen LogP contribution in [-0.2, 0) is 19.1 Å². The van der Waals surface area contributed by atoms with E-state index in [9.17, 15) is 9.59 Å². The molecule has 2 heterocycles. The highest BCUT2D eigenvalue weighted by Crippen LogP contribution is 2.47. The number of hydrogen-bond acceptors (Lipinski definition) is 5. The smallest absolute Gasteiger partial charge is 0.309 e. The molecule has 1 fully saturated rings. The number of carbonyl (C=O) groups is 2. The third kappa shape index (κ3) is 6.30. The Kier molecular flexibility index (Phi) is 8.49. The second-order valence-corrected chi connectivity index (χ2v) is 11.4. The number of ether oxygens (including phenoxy) is 2. The van der Waals surface area contributed by atoms with Gasteiger partial charge < -0.3 is 14.4 Å². The summed E-state index contributed by atoms with van der Waals surface area (Å²) in [5, 5.41) is 0.578. The summed E-state index contributed by atoms with van der Waals surface area (Å²) < 4.78 is 12.5. The van der Waals surface area contributed by atoms with Gasteiger partial charge in [-0.1, -0.05) is 49.2 Å². The first-order valence-corrected chi connectivity index (χ1v) is 12.8. The molecule has 8 heteroatoms. The van der Waals surface area contributed by atoms with Gasteiger partial charge in [-0.15, -0.1) is 11.3 Å². The summed E-state index contributed by atoms with van der Waals surface area (Å²) in [4.78, 5) is 29.2. The summed E-state index contributed by atoms with van der Waals surface area (Å²) in [6, 6.07) is 10.8. The molecule has 0 N–H and O–H groups in total. The van der Waals surface area contributed by atoms with E-state index in [1.54, 1.807) is 26.8 Å². The molecule has 1 aliphatic heterocycles. The second-order valence-electron chi connectivity index (χ2n) is 9.19. The number of rotatable bonds is 7. The van der Waals surface area contributed by atoms with Crippen molar-refractivity contribution in [2.45, 2.75) is 83.8 Å². The topological polar surface area (TPSA) is 55.8 Å². The Morgan fingerprint density at radius 2 is 1.88 bits per heavy atom. The number of carbonyl (C=O) groups excluding carboxylic acids is 2. The molecule has 1 unspecified atom stereocenters. The van der Waals surface area contributed by atoms with E-state index in [4.69, 9.17) is 32.7 Å². The number of halogens is 2. The molecule has 5 nitrogen and oxygen atoms in total. The first-order chi connectivity index (χ1) is 15.5. The van der Waals surface area contributed by atoms with E-state index in [1.165, 1.54) is 11.3 Å². The lowest BCUT2D eigenvalue weighted by atomic mass is 9.92. The van der Waals surface area contributed by atoms with E-state index < -0.39 is 23.8 Å². The molecule has 1 amide bonds. The Balaban J connectivity index is 2.07. The molecule has 3 rings (SSSR count). The zero-order chi connectivity index (χ0) is 24.3. The first-order valence-electron chi connectivity index (χ1n) is 11.2. The van der Waals surface area contributed by atoms with Crippen LogP contribution < -0.4 is 0 Å². The summed E-state index contributed by atoms with van der Waals surface area (Å²) in [6.45, 7) is 9.53. The van der Waals surface area contributed by atoms with Gasteiger partial charge in [0.25, 0.3) is 5.91 Å². The van der Waals surface area contributed by atoms with E-state index >= 15 is 0 Å². The zero-order valence-electron chi connectivity index (χ0n) is 19.6. The van der Waals surface area contributed by atoms with Crippen molar-refractivity contribution in [2.24, 2.45) is 0 Å². The molecular formula is C25H31Cl2NO4S. The molecule has 180 valence electrons. The van der Waals surface area contributed by atoms with Crippen LogP contribution in [0.25, 0.3) is 0 Å². The van der Waals surface area contributed by atoms with E-state index in [1.807, 2.05) is 35.2 Å². The van der Waals surface area contributed by atoms with Crippen molar-refractivity contribution in [3.63, 3.8) is 0 Å². The largest absolute Gasteiger partial charge is 0.460 e. The van der Waals surface area contributed by atoms with E-state index in [0.29, 0.717) is 9.36 Å². The lowest BCUT2D eigenvalue weighted by Crippen LogP contribution is -2.55. The van der Waals surface area contributed by atoms with Gasteiger partial charge >= 0.3 is 5.97 Å². The fraction of sp³-hybridized carbons (Fsp3) is 0.520. The molecule has 1 aromatic carbocycles. The van der Waals surface area contributed by atoms with Gasteiger partial charge in [0.2, 0.25) is 0 Å². The van der Waals surface area contributed by atoms with Crippen LogP contribution in [0.1, 0.15) is 76.5 Å². The molecule has 0 bridgehead atoms. The van der Waals surface area contributed by atoms with Gasteiger partial charge in [-0.05, 0) is 63.4 Å². The van der Waals surface area contributed by atoms with Crippen LogP contribution in [0.4, 0.5) is 0 Å². The van der Waals surface area contributed by atoms with Crippen LogP contribution in [0.3, 0.4) is 0 Å². The maximum Gasteiger partial charge on any atom is 0.309 e. The molecule has 33 heavy (non-hydrogen) atoms. The Hall–Kier alpha value is -1.60. The number of hydrogen-bond donors (Lipinski definition) is 0. The van der Waals surface area contributed by atoms with Crippen molar-refractivity contribution in [1.82, 2.24) is 4.90 Å². The predicted molar refractivity (Wildman–Crippen MR) is 133 cm³/mol. The molecule has 2 aromatic rings. The van der Waals surface area contributed by atoms with Crippen LogP contribution >= 0.6 is 34.5 Å². The van der Waals surface area contributed by atoms with Crippen molar-refractivity contribution >= 4 is 46.4 Å². The molecule has 0 saturated carbocycles. The van der Waals surface area contributed by atoms with Gasteiger partial charge in [-0.25, -0.2) is 0 Å². The number of esters is 1. The molecule has 3 atom stereocenters. The number of thiophene rings is 1. The molecule has 1 saturated heterocycles. The van der Waals surface area contributed by atoms with Crippen LogP contribution in [0.5, 0.6) is 0 Å². The van der Waals surface area contributed by atoms with Gasteiger partial charge in [0, 0.05) is 15.9 Å². The van der Waals surface area contributed by atoms with Crippen molar-refractivity contribution in [3.8, 4) is 0 Å². The average molecular weight is 512 g/mol. The van der Waals surface area contributed by atoms with Gasteiger partial charge in [-0.3, -0.25) is 9.59 Å². The minimum Gasteiger partial charge on any atom is -0.460 e. The van der Waals surface area contributed by atoms with Crippen molar-refractivity contribution in [2.75, 3.05) is 0 Å². The lowest BCUT2D eigenvalue weighted by Gasteiger charge is -2.47. The summed E-state index contributed by atoms with van der Waals surface area (Å²) in [7, 11) is 0. The predicted octanol–water partition coefficient (Wildman–Crippen LogP) is 6.99. The standard InChI is InChI=1S/C25H31Cl2NO4S/c1-6-17(7-2)28-22(19-11-12-20(27)33-19)23(15-9-8-10-16(26)13-15)31-18(24(28)30)14-21(29)32-25(3,4)5/h8-13,17-18,22-23H,6-7,14H2,1-5H3/t18-,22-,23?/m1/s1. The van der Waals surface area contributed by atoms with Crippen molar-refractivity contribution in [1.29, 1.82) is 0 Å². The van der Waals surface area contributed by atoms with E-state index in [-0.39, 0.29) is 24.4 Å². The molecule has 0 radical (unpaired) electrons. The fourth-order valence-corrected chi connectivity index (χ4v) is 5.62. The average Bonchev–Trinajstić information content (AvgIpc) is 3.15. The molecule has 0 spiro atoms. The van der Waals surface area contributed by atoms with Crippen LogP contribution in [0.2, 0.25) is 9.36 Å². The number of amides is 1. The van der Waals surface area contributed by atoms with Gasteiger partial charge in [0.1, 0.15) is 17.8 Å². The van der Waals surface area contributed by atoms with Gasteiger partial charge in [0.05, 0.1) is 16.8 Å². The normalized spacial score (nSPS) is 21.5. The third-order valence-electron chi connectivity index (χ3n) is 5.60. The summed E-state index contributed by atoms with van der Waals surface area (Å²) in [6.07, 6.45) is -0.0550. The quantitative estimate of drug-likeness (QED) is 0.376. The van der Waals surface area contributed by atoms with Crippen LogP contribution in [0, 0.1) is 0 Å². The number of morpholine rings is 1. The molecule has 1 aliphatic rings. The minimum absolute atomic E-state index is 0.0184. The molecular weight excluding hydrogens is 481 g/mol. The highest BCUT2D eigenvalue weighted by atomic mass is 35.5. The first kappa shape index (κ1) is 26.0. The Labute approximate surface area is 210 Å². The summed E-state index contributed by atoms with van der Waals surface area (Å²) >= 11 is 14.0. The van der Waals surface area contributed by atoms with Crippen molar-refractivity contribution in [3.05, 3.63) is 56.2 Å². The Bertz CT molecular complexity index is 983. The molecule has 0 aliphatic carbocycles. The lowest BCUT2D eigenvalue weighted by molar-refractivity contribution is -0.186. The summed E-state index contributed by atoms with van der Waals surface area (Å²) in [5.41, 5.74) is 0.196. The highest BCUT2D eigenvalue weighted by Gasteiger charge is 2.47. The zero-order valence-corrected chi connectivity index (χ0v) is 22.0. The van der Waals surface area contributed by atoms with Gasteiger partial charge in [-0.2, -0.15) is 0 Å². The van der Waals surface area contributed by atoms with Crippen molar-refractivity contribution < 1.29 is 19.1 Å². The maximum absolute atomic E-state index is 13.8. The fourth-order valence-electron chi connectivity index (χ4n) is 4.24. The third-order valence-corrected chi connectivity index (χ3v) is 7.13. The van der Waals surface area contributed by atoms with E-state index in [2.05, 4.69) is 13.8 Å². The van der Waals surface area contributed by atoms with Crippen LogP contribution in [-0.4, -0.2) is 34.5 Å². The van der Waals surface area contributed by atoms with Crippen LogP contribution in [0.15, 0.2) is 36.4 Å². The highest BCUT2D eigenvalue weighted by molar-refractivity contribution is 7.16. The second kappa shape index (κ2) is 10.8. The molecule has 1 aromatic heterocycles. The SMILES string of the molecule is CCC(CC)N1C(=O)[C@@H](CC(=O)OC(C)(C)C)OC(c2cccc(Cl)c2)[C@H]1c1ccc(Cl)s1.